The maximum Gasteiger partial charge on any atom is 0.256 e. The lowest BCUT2D eigenvalue weighted by atomic mass is 9.38. The number of aromatic nitrogens is 4. The third-order valence-electron chi connectivity index (χ3n) is 7.68. The molecule has 0 spiro atoms. The number of likely N-dealkylation sites (tertiary alicyclic amines) is 1. The summed E-state index contributed by atoms with van der Waals surface area (Å²) in [5.41, 5.74) is 3.22. The maximum atomic E-state index is 13.2. The predicted octanol–water partition coefficient (Wildman–Crippen LogP) is 1.21. The maximum absolute atomic E-state index is 13.2. The Morgan fingerprint density at radius 1 is 0.974 bits per heavy atom. The van der Waals surface area contributed by atoms with Crippen LogP contribution in [0.15, 0.2) is 60.9 Å². The van der Waals surface area contributed by atoms with Gasteiger partial charge in [-0.3, -0.25) is 9.48 Å². The van der Waals surface area contributed by atoms with Crippen molar-refractivity contribution >= 4 is 69.6 Å². The Labute approximate surface area is 236 Å². The van der Waals surface area contributed by atoms with E-state index in [4.69, 9.17) is 47.1 Å². The highest BCUT2D eigenvalue weighted by molar-refractivity contribution is 6.61. The van der Waals surface area contributed by atoms with Crippen molar-refractivity contribution in [1.82, 2.24) is 20.0 Å². The van der Waals surface area contributed by atoms with E-state index in [1.807, 2.05) is 55.7 Å². The molecule has 180 valence electrons. The summed E-state index contributed by atoms with van der Waals surface area (Å²) < 4.78 is 1.43. The topological polar surface area (TPSA) is 72.7 Å². The van der Waals surface area contributed by atoms with Crippen molar-refractivity contribution in [3.63, 3.8) is 0 Å². The van der Waals surface area contributed by atoms with Crippen LogP contribution in [0.1, 0.15) is 34.7 Å². The van der Waals surface area contributed by atoms with Crippen molar-refractivity contribution < 1.29 is 9.28 Å². The molecule has 1 aliphatic rings. The first-order valence-corrected chi connectivity index (χ1v) is 12.6. The monoisotopic (exact) mass is 501 g/mol. The van der Waals surface area contributed by atoms with E-state index in [1.54, 1.807) is 16.9 Å². The van der Waals surface area contributed by atoms with Gasteiger partial charge in [-0.25, -0.2) is 4.98 Å². The molecule has 4 aromatic rings. The first kappa shape index (κ1) is 27.4. The van der Waals surface area contributed by atoms with Gasteiger partial charge in [0.25, 0.3) is 5.91 Å². The lowest BCUT2D eigenvalue weighted by Gasteiger charge is -2.63. The fraction of sp³-hybridized carbons (Fsp3) is 0.308. The van der Waals surface area contributed by atoms with Crippen molar-refractivity contribution in [2.75, 3.05) is 18.4 Å². The number of carbonyl (C=O) groups excluding carboxylic acids is 1. The second-order valence-corrected chi connectivity index (χ2v) is 10.5. The van der Waals surface area contributed by atoms with Gasteiger partial charge in [-0.2, -0.15) is 0 Å². The average Bonchev–Trinajstić information content (AvgIpc) is 3.33. The number of quaternary nitrogens is 1. The first-order chi connectivity index (χ1) is 18.4. The number of rotatable bonds is 6. The summed E-state index contributed by atoms with van der Waals surface area (Å²) in [6.07, 6.45) is 4.87. The van der Waals surface area contributed by atoms with E-state index in [0.29, 0.717) is 37.3 Å². The molecular formula is C26H23B6N6O+. The number of pyridine rings is 1. The molecule has 12 radical (unpaired) electrons. The number of nitrogens with one attached hydrogen (secondary N) is 1. The van der Waals surface area contributed by atoms with Crippen LogP contribution in [-0.2, 0) is 7.05 Å². The third-order valence-corrected chi connectivity index (χ3v) is 7.68. The molecule has 7 nitrogen and oxygen atoms in total. The van der Waals surface area contributed by atoms with E-state index in [9.17, 15) is 4.79 Å². The lowest BCUT2D eigenvalue weighted by molar-refractivity contribution is -0.952. The van der Waals surface area contributed by atoms with Crippen LogP contribution in [0, 0.1) is 0 Å². The number of anilines is 1. The molecule has 2 aromatic carbocycles. The predicted molar refractivity (Wildman–Crippen MR) is 158 cm³/mol. The molecule has 1 amide bonds. The van der Waals surface area contributed by atoms with Crippen molar-refractivity contribution in [2.24, 2.45) is 7.05 Å². The van der Waals surface area contributed by atoms with Crippen molar-refractivity contribution in [2.45, 2.75) is 29.2 Å². The Bertz CT molecular complexity index is 1510. The molecule has 0 bridgehead atoms. The quantitative estimate of drug-likeness (QED) is 0.319. The average molecular weight is 500 g/mol. The Morgan fingerprint density at radius 3 is 2.33 bits per heavy atom. The van der Waals surface area contributed by atoms with Crippen LogP contribution in [0.4, 0.5) is 5.82 Å². The molecule has 1 fully saturated rings. The highest BCUT2D eigenvalue weighted by atomic mass is 16.1. The molecule has 0 unspecified atom stereocenters. The highest BCUT2D eigenvalue weighted by Gasteiger charge is 2.48. The van der Waals surface area contributed by atoms with Gasteiger partial charge in [0.15, 0.2) is 0 Å². The second-order valence-electron chi connectivity index (χ2n) is 10.5. The second kappa shape index (κ2) is 10.1. The van der Waals surface area contributed by atoms with Gasteiger partial charge in [-0.15, -0.1) is 5.10 Å². The lowest BCUT2D eigenvalue weighted by Crippen LogP contribution is -2.78. The highest BCUT2D eigenvalue weighted by Crippen LogP contribution is 2.38. The smallest absolute Gasteiger partial charge is 0.256 e. The summed E-state index contributed by atoms with van der Waals surface area (Å²) in [6.45, 7) is 0.789. The van der Waals surface area contributed by atoms with Gasteiger partial charge in [-0.1, -0.05) is 29.5 Å². The SMILES string of the molecule is [B]C([B])([B])[N+]1(C([B])([B])[B])CCC(c2cccc(C(=O)Nc3cc4cc(-c5cn(C)nn5)ccc4cn3)c2)CC1. The van der Waals surface area contributed by atoms with Gasteiger partial charge in [0.1, 0.15) is 58.6 Å². The molecule has 0 atom stereocenters. The molecule has 0 aliphatic carbocycles. The molecular weight excluding hydrogens is 477 g/mol. The summed E-state index contributed by atoms with van der Waals surface area (Å²) in [7, 11) is 38.1. The summed E-state index contributed by atoms with van der Waals surface area (Å²) in [5, 5.41) is 9.57. The summed E-state index contributed by atoms with van der Waals surface area (Å²) in [4.78, 5) is 17.6. The van der Waals surface area contributed by atoms with Gasteiger partial charge >= 0.3 is 0 Å². The number of nitrogens with zero attached hydrogens (tertiary/aromatic N) is 5. The molecule has 1 saturated heterocycles. The minimum absolute atomic E-state index is 0.131. The molecule has 13 heteroatoms. The van der Waals surface area contributed by atoms with E-state index in [-0.39, 0.29) is 16.3 Å². The molecule has 0 saturated carbocycles. The van der Waals surface area contributed by atoms with E-state index in [0.717, 1.165) is 27.6 Å². The number of hydrogen-bond acceptors (Lipinski definition) is 4. The Morgan fingerprint density at radius 2 is 1.69 bits per heavy atom. The van der Waals surface area contributed by atoms with Crippen LogP contribution in [-0.4, -0.2) is 101 Å². The van der Waals surface area contributed by atoms with Gasteiger partial charge in [0.05, 0.1) is 19.3 Å². The molecule has 39 heavy (non-hydrogen) atoms. The number of fused-ring (bicyclic) bond motifs is 1. The van der Waals surface area contributed by atoms with Crippen molar-refractivity contribution in [3.8, 4) is 11.3 Å². The number of hydrogen-bond donors (Lipinski definition) is 1. The zero-order valence-electron chi connectivity index (χ0n) is 21.8. The number of benzene rings is 2. The normalized spacial score (nSPS) is 16.2. The molecule has 5 rings (SSSR count). The number of carbonyl (C=O) groups is 1. The minimum Gasteiger partial charge on any atom is -0.362 e. The number of piperidine rings is 1. The number of aryl methyl sites for hydroxylation is 1. The van der Waals surface area contributed by atoms with E-state index >= 15 is 0 Å². The molecule has 1 N–H and O–H groups in total. The van der Waals surface area contributed by atoms with E-state index in [1.165, 1.54) is 0 Å². The van der Waals surface area contributed by atoms with Crippen LogP contribution < -0.4 is 5.32 Å². The first-order valence-electron chi connectivity index (χ1n) is 12.6. The largest absolute Gasteiger partial charge is 0.362 e. The van der Waals surface area contributed by atoms with E-state index in [2.05, 4.69) is 20.6 Å². The number of amides is 1. The van der Waals surface area contributed by atoms with Crippen LogP contribution >= 0.6 is 0 Å². The van der Waals surface area contributed by atoms with Gasteiger partial charge in [-0.05, 0) is 51.6 Å². The molecule has 1 aliphatic heterocycles. The fourth-order valence-electron chi connectivity index (χ4n) is 5.42. The standard InChI is InChI=1S/C26H22B6N6O/c1-37-15-22(35-36-37)18-5-6-20-14-33-23(13-21(20)12-18)34-24(39)19-4-2-3-17(11-19)16-7-9-38(10-8-16,25(27,28)29)26(30,31)32/h2-6,11-16H,7-10H2,1H3/p+1. The van der Waals surface area contributed by atoms with Crippen LogP contribution in [0.25, 0.3) is 22.0 Å². The van der Waals surface area contributed by atoms with Crippen LogP contribution in [0.5, 0.6) is 0 Å². The zero-order valence-corrected chi connectivity index (χ0v) is 21.8. The zero-order chi connectivity index (χ0) is 28.0. The third kappa shape index (κ3) is 5.33. The Hall–Kier alpha value is -3.19. The fourth-order valence-corrected chi connectivity index (χ4v) is 5.42. The van der Waals surface area contributed by atoms with Gasteiger partial charge in [0, 0.05) is 42.6 Å². The Balaban J connectivity index is 1.32. The van der Waals surface area contributed by atoms with E-state index < -0.39 is 10.5 Å². The van der Waals surface area contributed by atoms with Crippen molar-refractivity contribution in [1.29, 1.82) is 0 Å². The van der Waals surface area contributed by atoms with Crippen LogP contribution in [0.2, 0.25) is 0 Å². The molecule has 2 aromatic heterocycles. The van der Waals surface area contributed by atoms with Gasteiger partial charge in [0.2, 0.25) is 0 Å². The summed E-state index contributed by atoms with van der Waals surface area (Å²) in [5.74, 6) is 0.320. The minimum atomic E-state index is -1.69. The summed E-state index contributed by atoms with van der Waals surface area (Å²) in [6, 6.07) is 15.3. The molecule has 3 heterocycles. The summed E-state index contributed by atoms with van der Waals surface area (Å²) >= 11 is 0. The van der Waals surface area contributed by atoms with Gasteiger partial charge < -0.3 is 9.80 Å². The van der Waals surface area contributed by atoms with Crippen molar-refractivity contribution in [3.05, 3.63) is 72.1 Å². The Kier molecular flexibility index (Phi) is 7.08. The van der Waals surface area contributed by atoms with Crippen LogP contribution in [0.3, 0.4) is 0 Å².